The molecule has 0 bridgehead atoms. The van der Waals surface area contributed by atoms with E-state index >= 15 is 0 Å². The maximum absolute atomic E-state index is 12.5. The van der Waals surface area contributed by atoms with Crippen molar-refractivity contribution >= 4 is 22.6 Å². The monoisotopic (exact) mass is 416 g/mol. The molecule has 2 N–H and O–H groups in total. The fourth-order valence-electron chi connectivity index (χ4n) is 4.35. The molecule has 3 aromatic carbocycles. The van der Waals surface area contributed by atoms with E-state index in [1.54, 1.807) is 7.11 Å². The Balaban J connectivity index is 1.39. The first kappa shape index (κ1) is 20.9. The number of methoxy groups -OCH3 is 1. The van der Waals surface area contributed by atoms with Gasteiger partial charge in [0.15, 0.2) is 0 Å². The molecule has 0 saturated carbocycles. The van der Waals surface area contributed by atoms with Gasteiger partial charge in [-0.2, -0.15) is 0 Å². The van der Waals surface area contributed by atoms with E-state index in [0.717, 1.165) is 24.2 Å². The summed E-state index contributed by atoms with van der Waals surface area (Å²) in [5.41, 5.74) is 1.80. The Hall–Kier alpha value is -3.34. The van der Waals surface area contributed by atoms with Gasteiger partial charge in [-0.1, -0.05) is 54.6 Å². The standard InChI is InChI=1S/C26H28N2O3/c1-31-23-8-4-5-20(16-23)18-27-24(29)11-13-26(14-12-25(30)28-26)17-19-9-10-21-6-2-3-7-22(21)15-19/h2-10,15-16H,11-14,17-18H2,1H3,(H,27,29)(H,28,30)/t26-/m1/s1. The average molecular weight is 417 g/mol. The lowest BCUT2D eigenvalue weighted by atomic mass is 9.84. The summed E-state index contributed by atoms with van der Waals surface area (Å²) in [4.78, 5) is 24.6. The van der Waals surface area contributed by atoms with Crippen molar-refractivity contribution in [3.63, 3.8) is 0 Å². The van der Waals surface area contributed by atoms with Crippen LogP contribution >= 0.6 is 0 Å². The molecular weight excluding hydrogens is 388 g/mol. The first-order valence-corrected chi connectivity index (χ1v) is 10.7. The molecule has 5 heteroatoms. The zero-order valence-electron chi connectivity index (χ0n) is 17.8. The second-order valence-corrected chi connectivity index (χ2v) is 8.32. The van der Waals surface area contributed by atoms with Gasteiger partial charge in [0.2, 0.25) is 11.8 Å². The highest BCUT2D eigenvalue weighted by molar-refractivity contribution is 5.83. The Morgan fingerprint density at radius 1 is 1.03 bits per heavy atom. The molecule has 1 fully saturated rings. The fourth-order valence-corrected chi connectivity index (χ4v) is 4.35. The number of carbonyl (C=O) groups is 2. The Morgan fingerprint density at radius 2 is 1.87 bits per heavy atom. The van der Waals surface area contributed by atoms with E-state index in [2.05, 4.69) is 41.0 Å². The lowest BCUT2D eigenvalue weighted by Crippen LogP contribution is -2.44. The van der Waals surface area contributed by atoms with E-state index in [9.17, 15) is 9.59 Å². The van der Waals surface area contributed by atoms with Gasteiger partial charge in [0.05, 0.1) is 7.11 Å². The van der Waals surface area contributed by atoms with Crippen molar-refractivity contribution in [3.05, 3.63) is 77.9 Å². The number of hydrogen-bond acceptors (Lipinski definition) is 3. The van der Waals surface area contributed by atoms with Gasteiger partial charge >= 0.3 is 0 Å². The van der Waals surface area contributed by atoms with E-state index < -0.39 is 0 Å². The molecule has 5 nitrogen and oxygen atoms in total. The minimum absolute atomic E-state index is 0.0122. The van der Waals surface area contributed by atoms with Gasteiger partial charge < -0.3 is 15.4 Å². The Bertz CT molecular complexity index is 1090. The molecule has 0 aliphatic carbocycles. The molecule has 4 rings (SSSR count). The highest BCUT2D eigenvalue weighted by Crippen LogP contribution is 2.30. The summed E-state index contributed by atoms with van der Waals surface area (Å²) >= 11 is 0. The molecule has 0 spiro atoms. The molecule has 1 aliphatic heterocycles. The van der Waals surface area contributed by atoms with Crippen molar-refractivity contribution < 1.29 is 14.3 Å². The topological polar surface area (TPSA) is 67.4 Å². The van der Waals surface area contributed by atoms with Crippen LogP contribution in [0.1, 0.15) is 36.8 Å². The molecule has 31 heavy (non-hydrogen) atoms. The third kappa shape index (κ3) is 5.23. The zero-order valence-corrected chi connectivity index (χ0v) is 17.8. The molecule has 0 unspecified atom stereocenters. The normalized spacial score (nSPS) is 18.0. The molecule has 0 aromatic heterocycles. The second-order valence-electron chi connectivity index (χ2n) is 8.32. The zero-order chi connectivity index (χ0) is 21.7. The van der Waals surface area contributed by atoms with Crippen LogP contribution in [0.2, 0.25) is 0 Å². The van der Waals surface area contributed by atoms with Crippen LogP contribution in [0, 0.1) is 0 Å². The number of carbonyl (C=O) groups excluding carboxylic acids is 2. The maximum Gasteiger partial charge on any atom is 0.220 e. The number of fused-ring (bicyclic) bond motifs is 1. The minimum atomic E-state index is -0.368. The van der Waals surface area contributed by atoms with Crippen molar-refractivity contribution in [2.75, 3.05) is 7.11 Å². The second kappa shape index (κ2) is 9.21. The van der Waals surface area contributed by atoms with Gasteiger partial charge in [0.1, 0.15) is 5.75 Å². The summed E-state index contributed by atoms with van der Waals surface area (Å²) < 4.78 is 5.23. The van der Waals surface area contributed by atoms with Crippen LogP contribution < -0.4 is 15.4 Å². The summed E-state index contributed by atoms with van der Waals surface area (Å²) in [6.07, 6.45) is 2.99. The van der Waals surface area contributed by atoms with Gasteiger partial charge in [-0.05, 0) is 53.3 Å². The summed E-state index contributed by atoms with van der Waals surface area (Å²) in [6.45, 7) is 0.458. The van der Waals surface area contributed by atoms with E-state index in [4.69, 9.17) is 4.74 Å². The van der Waals surface area contributed by atoms with E-state index in [1.165, 1.54) is 16.3 Å². The molecule has 1 atom stereocenters. The number of rotatable bonds is 8. The summed E-state index contributed by atoms with van der Waals surface area (Å²) in [5, 5.41) is 8.55. The van der Waals surface area contributed by atoms with Gasteiger partial charge in [-0.3, -0.25) is 9.59 Å². The van der Waals surface area contributed by atoms with Crippen LogP contribution in [-0.4, -0.2) is 24.5 Å². The third-order valence-electron chi connectivity index (χ3n) is 6.05. The lowest BCUT2D eigenvalue weighted by molar-refractivity contribution is -0.122. The molecule has 3 aromatic rings. The van der Waals surface area contributed by atoms with Crippen molar-refractivity contribution in [2.45, 2.75) is 44.2 Å². The maximum atomic E-state index is 12.5. The Kier molecular flexibility index (Phi) is 6.21. The van der Waals surface area contributed by atoms with Crippen LogP contribution in [0.25, 0.3) is 10.8 Å². The highest BCUT2D eigenvalue weighted by atomic mass is 16.5. The Morgan fingerprint density at radius 3 is 2.65 bits per heavy atom. The fraction of sp³-hybridized carbons (Fsp3) is 0.308. The van der Waals surface area contributed by atoms with Crippen molar-refractivity contribution in [2.24, 2.45) is 0 Å². The van der Waals surface area contributed by atoms with Crippen molar-refractivity contribution in [3.8, 4) is 5.75 Å². The SMILES string of the molecule is COc1cccc(CNC(=O)CC[C@]2(Cc3ccc4ccccc4c3)CCC(=O)N2)c1. The van der Waals surface area contributed by atoms with Crippen LogP contribution in [-0.2, 0) is 22.6 Å². The molecule has 1 heterocycles. The number of ether oxygens (including phenoxy) is 1. The first-order valence-electron chi connectivity index (χ1n) is 10.7. The first-order chi connectivity index (χ1) is 15.0. The number of amides is 2. The molecule has 160 valence electrons. The van der Waals surface area contributed by atoms with Gasteiger partial charge in [-0.25, -0.2) is 0 Å². The third-order valence-corrected chi connectivity index (χ3v) is 6.05. The average Bonchev–Trinajstić information content (AvgIpc) is 3.16. The molecule has 2 amide bonds. The molecule has 1 saturated heterocycles. The predicted molar refractivity (Wildman–Crippen MR) is 122 cm³/mol. The molecule has 0 radical (unpaired) electrons. The van der Waals surface area contributed by atoms with E-state index in [-0.39, 0.29) is 17.4 Å². The minimum Gasteiger partial charge on any atom is -0.497 e. The molecular formula is C26H28N2O3. The van der Waals surface area contributed by atoms with Crippen LogP contribution in [0.5, 0.6) is 5.75 Å². The van der Waals surface area contributed by atoms with Gasteiger partial charge in [-0.15, -0.1) is 0 Å². The summed E-state index contributed by atoms with van der Waals surface area (Å²) in [7, 11) is 1.63. The lowest BCUT2D eigenvalue weighted by Gasteiger charge is -2.29. The van der Waals surface area contributed by atoms with Gasteiger partial charge in [0.25, 0.3) is 0 Å². The predicted octanol–water partition coefficient (Wildman–Crippen LogP) is 4.14. The van der Waals surface area contributed by atoms with Crippen LogP contribution in [0.4, 0.5) is 0 Å². The van der Waals surface area contributed by atoms with E-state index in [1.807, 2.05) is 36.4 Å². The summed E-state index contributed by atoms with van der Waals surface area (Å²) in [5.74, 6) is 0.828. The van der Waals surface area contributed by atoms with Gasteiger partial charge in [0, 0.05) is 24.9 Å². The van der Waals surface area contributed by atoms with Crippen LogP contribution in [0.3, 0.4) is 0 Å². The quantitative estimate of drug-likeness (QED) is 0.580. The van der Waals surface area contributed by atoms with E-state index in [0.29, 0.717) is 25.8 Å². The smallest absolute Gasteiger partial charge is 0.220 e. The number of hydrogen-bond donors (Lipinski definition) is 2. The molecule has 1 aliphatic rings. The highest BCUT2D eigenvalue weighted by Gasteiger charge is 2.37. The van der Waals surface area contributed by atoms with Crippen LogP contribution in [0.15, 0.2) is 66.7 Å². The number of nitrogens with one attached hydrogen (secondary N) is 2. The number of benzene rings is 3. The Labute approximate surface area is 182 Å². The van der Waals surface area contributed by atoms with Crippen molar-refractivity contribution in [1.82, 2.24) is 10.6 Å². The summed E-state index contributed by atoms with van der Waals surface area (Å²) in [6, 6.07) is 22.4. The van der Waals surface area contributed by atoms with Crippen molar-refractivity contribution in [1.29, 1.82) is 0 Å². The largest absolute Gasteiger partial charge is 0.497 e.